The average Bonchev–Trinajstić information content (AvgIpc) is 2.83. The van der Waals surface area contributed by atoms with E-state index in [0.29, 0.717) is 25.7 Å². The topological polar surface area (TPSA) is 121 Å². The van der Waals surface area contributed by atoms with Crippen LogP contribution in [0.3, 0.4) is 0 Å². The van der Waals surface area contributed by atoms with Crippen LogP contribution in [0.4, 0.5) is 0 Å². The summed E-state index contributed by atoms with van der Waals surface area (Å²) in [6, 6.07) is 0. The maximum atomic E-state index is 11.9. The highest BCUT2D eigenvalue weighted by Crippen LogP contribution is 2.69. The van der Waals surface area contributed by atoms with Crippen LogP contribution in [0, 0.1) is 22.7 Å². The van der Waals surface area contributed by atoms with Gasteiger partial charge in [-0.05, 0) is 56.8 Å². The van der Waals surface area contributed by atoms with Crippen LogP contribution < -0.4 is 0 Å². The SMILES string of the molecule is CC(O)[C@]1(O)CC[C@]2(O)[C@@H]3CC=C4C[C@@H](O)CC[C@]4(C)[C@H]3[C@H](O)[C@@H](O)[C@]12C. The molecule has 6 heteroatoms. The Kier molecular flexibility index (Phi) is 4.23. The molecule has 0 aliphatic heterocycles. The Morgan fingerprint density at radius 1 is 1.07 bits per heavy atom. The first kappa shape index (κ1) is 19.8. The quantitative estimate of drug-likeness (QED) is 0.367. The van der Waals surface area contributed by atoms with Gasteiger partial charge in [-0.1, -0.05) is 25.5 Å². The molecule has 3 fully saturated rings. The number of aliphatic hydroxyl groups is 6. The molecule has 10 atom stereocenters. The molecule has 27 heavy (non-hydrogen) atoms. The van der Waals surface area contributed by atoms with Gasteiger partial charge in [0, 0.05) is 5.92 Å². The molecule has 0 bridgehead atoms. The van der Waals surface area contributed by atoms with Crippen molar-refractivity contribution >= 4 is 0 Å². The smallest absolute Gasteiger partial charge is 0.101 e. The van der Waals surface area contributed by atoms with Gasteiger partial charge in [-0.2, -0.15) is 0 Å². The predicted molar refractivity (Wildman–Crippen MR) is 98.6 cm³/mol. The van der Waals surface area contributed by atoms with Gasteiger partial charge in [0.1, 0.15) is 5.60 Å². The van der Waals surface area contributed by atoms with Gasteiger partial charge in [0.15, 0.2) is 0 Å². The van der Waals surface area contributed by atoms with Crippen molar-refractivity contribution in [1.82, 2.24) is 0 Å². The molecule has 0 amide bonds. The lowest BCUT2D eigenvalue weighted by Crippen LogP contribution is -2.75. The van der Waals surface area contributed by atoms with Crippen LogP contribution in [-0.2, 0) is 0 Å². The number of fused-ring (bicyclic) bond motifs is 5. The van der Waals surface area contributed by atoms with Gasteiger partial charge in [0.05, 0.1) is 35.4 Å². The van der Waals surface area contributed by atoms with Gasteiger partial charge in [0.2, 0.25) is 0 Å². The molecule has 6 N–H and O–H groups in total. The lowest BCUT2D eigenvalue weighted by atomic mass is 9.43. The highest BCUT2D eigenvalue weighted by molar-refractivity contribution is 5.33. The molecule has 6 nitrogen and oxygen atoms in total. The minimum atomic E-state index is -1.67. The summed E-state index contributed by atoms with van der Waals surface area (Å²) >= 11 is 0. The number of hydrogen-bond acceptors (Lipinski definition) is 6. The summed E-state index contributed by atoms with van der Waals surface area (Å²) in [5, 5.41) is 66.0. The van der Waals surface area contributed by atoms with Gasteiger partial charge < -0.3 is 30.6 Å². The number of aliphatic hydroxyl groups excluding tert-OH is 4. The van der Waals surface area contributed by atoms with E-state index in [-0.39, 0.29) is 30.8 Å². The molecule has 154 valence electrons. The van der Waals surface area contributed by atoms with Crippen LogP contribution in [0.2, 0.25) is 0 Å². The van der Waals surface area contributed by atoms with E-state index in [2.05, 4.69) is 13.0 Å². The normalized spacial score (nSPS) is 58.7. The van der Waals surface area contributed by atoms with Crippen molar-refractivity contribution in [2.24, 2.45) is 22.7 Å². The van der Waals surface area contributed by atoms with Crippen molar-refractivity contribution in [3.8, 4) is 0 Å². The van der Waals surface area contributed by atoms with Crippen LogP contribution in [-0.4, -0.2) is 66.3 Å². The van der Waals surface area contributed by atoms with E-state index in [9.17, 15) is 30.6 Å². The molecule has 0 aromatic rings. The summed E-state index contributed by atoms with van der Waals surface area (Å²) in [6.07, 6.45) is 0.980. The molecule has 4 aliphatic carbocycles. The molecule has 0 aromatic carbocycles. The van der Waals surface area contributed by atoms with E-state index in [1.54, 1.807) is 6.92 Å². The Bertz CT molecular complexity index is 663. The van der Waals surface area contributed by atoms with E-state index < -0.39 is 40.3 Å². The van der Waals surface area contributed by atoms with E-state index >= 15 is 0 Å². The highest BCUT2D eigenvalue weighted by atomic mass is 16.4. The lowest BCUT2D eigenvalue weighted by Gasteiger charge is -2.65. The van der Waals surface area contributed by atoms with Crippen molar-refractivity contribution in [1.29, 1.82) is 0 Å². The van der Waals surface area contributed by atoms with Crippen molar-refractivity contribution in [2.75, 3.05) is 0 Å². The Hall–Kier alpha value is -0.500. The van der Waals surface area contributed by atoms with Crippen molar-refractivity contribution in [3.63, 3.8) is 0 Å². The van der Waals surface area contributed by atoms with Crippen molar-refractivity contribution in [3.05, 3.63) is 11.6 Å². The van der Waals surface area contributed by atoms with E-state index in [0.717, 1.165) is 5.57 Å². The van der Waals surface area contributed by atoms with Crippen molar-refractivity contribution in [2.45, 2.75) is 94.9 Å². The number of rotatable bonds is 1. The third-order valence-corrected chi connectivity index (χ3v) is 9.25. The fourth-order valence-corrected chi connectivity index (χ4v) is 7.42. The Morgan fingerprint density at radius 2 is 1.74 bits per heavy atom. The average molecular weight is 382 g/mol. The van der Waals surface area contributed by atoms with Gasteiger partial charge in [0.25, 0.3) is 0 Å². The fraction of sp³-hybridized carbons (Fsp3) is 0.905. The Balaban J connectivity index is 1.85. The lowest BCUT2D eigenvalue weighted by molar-refractivity contribution is -0.302. The Labute approximate surface area is 160 Å². The molecule has 3 saturated carbocycles. The largest absolute Gasteiger partial charge is 0.393 e. The molecule has 0 saturated heterocycles. The first-order valence-electron chi connectivity index (χ1n) is 10.3. The zero-order valence-corrected chi connectivity index (χ0v) is 16.5. The maximum Gasteiger partial charge on any atom is 0.101 e. The molecule has 0 aromatic heterocycles. The molecular weight excluding hydrogens is 348 g/mol. The number of allylic oxidation sites excluding steroid dienone is 1. The van der Waals surface area contributed by atoms with Crippen LogP contribution in [0.15, 0.2) is 11.6 Å². The minimum absolute atomic E-state index is 0.177. The molecular formula is C21H34O6. The predicted octanol–water partition coefficient (Wildman–Crippen LogP) is 0.478. The summed E-state index contributed by atoms with van der Waals surface area (Å²) in [6.45, 7) is 5.16. The summed E-state index contributed by atoms with van der Waals surface area (Å²) in [5.41, 5.74) is -3.77. The zero-order valence-electron chi connectivity index (χ0n) is 16.5. The van der Waals surface area contributed by atoms with E-state index in [4.69, 9.17) is 0 Å². The molecule has 0 spiro atoms. The van der Waals surface area contributed by atoms with Crippen LogP contribution in [0.5, 0.6) is 0 Å². The third kappa shape index (κ3) is 2.12. The summed E-state index contributed by atoms with van der Waals surface area (Å²) in [5.74, 6) is -0.674. The Morgan fingerprint density at radius 3 is 2.37 bits per heavy atom. The molecule has 4 rings (SSSR count). The highest BCUT2D eigenvalue weighted by Gasteiger charge is 2.77. The molecule has 0 heterocycles. The summed E-state index contributed by atoms with van der Waals surface area (Å²) in [7, 11) is 0. The van der Waals surface area contributed by atoms with Gasteiger partial charge >= 0.3 is 0 Å². The van der Waals surface area contributed by atoms with E-state index in [1.807, 2.05) is 0 Å². The van der Waals surface area contributed by atoms with E-state index in [1.165, 1.54) is 6.92 Å². The zero-order chi connectivity index (χ0) is 20.0. The minimum Gasteiger partial charge on any atom is -0.393 e. The standard InChI is InChI=1S/C21H34O6/c1-11(22)20(26)8-9-21(27)14-5-4-12-10-13(23)6-7-18(12,2)15(14)16(24)17(25)19(20,21)3/h4,11,13-17,22-27H,5-10H2,1-3H3/t11?,13-,14+,15+,16-,17+,18-,19+,20+,21-/m0/s1. The van der Waals surface area contributed by atoms with Crippen LogP contribution in [0.25, 0.3) is 0 Å². The summed E-state index contributed by atoms with van der Waals surface area (Å²) in [4.78, 5) is 0. The maximum absolute atomic E-state index is 11.9. The first-order chi connectivity index (χ1) is 12.4. The molecule has 4 aliphatic rings. The number of hydrogen-bond donors (Lipinski definition) is 6. The first-order valence-corrected chi connectivity index (χ1v) is 10.3. The second-order valence-electron chi connectivity index (χ2n) is 10.1. The fourth-order valence-electron chi connectivity index (χ4n) is 7.42. The second kappa shape index (κ2) is 5.77. The molecule has 1 unspecified atom stereocenters. The summed E-state index contributed by atoms with van der Waals surface area (Å²) < 4.78 is 0. The van der Waals surface area contributed by atoms with Gasteiger partial charge in [-0.25, -0.2) is 0 Å². The van der Waals surface area contributed by atoms with Crippen molar-refractivity contribution < 1.29 is 30.6 Å². The van der Waals surface area contributed by atoms with Crippen LogP contribution in [0.1, 0.15) is 59.3 Å². The monoisotopic (exact) mass is 382 g/mol. The third-order valence-electron chi connectivity index (χ3n) is 9.25. The molecule has 0 radical (unpaired) electrons. The second-order valence-corrected chi connectivity index (χ2v) is 10.1. The van der Waals surface area contributed by atoms with Gasteiger partial charge in [-0.3, -0.25) is 0 Å². The van der Waals surface area contributed by atoms with Crippen LogP contribution >= 0.6 is 0 Å². The van der Waals surface area contributed by atoms with Gasteiger partial charge in [-0.15, -0.1) is 0 Å².